The number of alkyl carbamates (subject to hydrolysis) is 1. The lowest BCUT2D eigenvalue weighted by molar-refractivity contribution is -0.122. The molecule has 0 aliphatic carbocycles. The van der Waals surface area contributed by atoms with E-state index < -0.39 is 17.2 Å². The molecule has 1 aromatic rings. The molecule has 6 heteroatoms. The lowest BCUT2D eigenvalue weighted by atomic mass is 10.0. The molecule has 0 bridgehead atoms. The second-order valence-corrected chi connectivity index (χ2v) is 8.20. The number of carbonyl (C=O) groups is 2. The third-order valence-electron chi connectivity index (χ3n) is 3.32. The van der Waals surface area contributed by atoms with E-state index in [0.717, 1.165) is 17.9 Å². The van der Waals surface area contributed by atoms with Gasteiger partial charge in [0.1, 0.15) is 5.60 Å². The van der Waals surface area contributed by atoms with Gasteiger partial charge in [-0.1, -0.05) is 23.7 Å². The van der Waals surface area contributed by atoms with Gasteiger partial charge in [0.15, 0.2) is 0 Å². The van der Waals surface area contributed by atoms with E-state index in [2.05, 4.69) is 10.6 Å². The van der Waals surface area contributed by atoms with Crippen LogP contribution in [0.1, 0.15) is 53.0 Å². The van der Waals surface area contributed by atoms with E-state index in [9.17, 15) is 9.59 Å². The molecule has 5 nitrogen and oxygen atoms in total. The molecular weight excluding hydrogens is 340 g/mol. The van der Waals surface area contributed by atoms with Crippen molar-refractivity contribution in [2.24, 2.45) is 0 Å². The zero-order valence-electron chi connectivity index (χ0n) is 15.7. The highest BCUT2D eigenvalue weighted by Gasteiger charge is 2.26. The summed E-state index contributed by atoms with van der Waals surface area (Å²) in [6.07, 6.45) is 1.38. The van der Waals surface area contributed by atoms with Crippen molar-refractivity contribution in [2.75, 3.05) is 6.54 Å². The van der Waals surface area contributed by atoms with Crippen LogP contribution in [0, 0.1) is 0 Å². The number of rotatable bonds is 7. The first kappa shape index (κ1) is 21.3. The zero-order valence-corrected chi connectivity index (χ0v) is 16.5. The molecule has 0 fully saturated rings. The average molecular weight is 369 g/mol. The Bertz CT molecular complexity index is 577. The van der Waals surface area contributed by atoms with Crippen LogP contribution in [0.3, 0.4) is 0 Å². The van der Waals surface area contributed by atoms with E-state index in [1.165, 1.54) is 5.56 Å². The van der Waals surface area contributed by atoms with Gasteiger partial charge in [-0.25, -0.2) is 4.79 Å². The van der Waals surface area contributed by atoms with Crippen molar-refractivity contribution in [2.45, 2.75) is 65.0 Å². The van der Waals surface area contributed by atoms with Gasteiger partial charge in [-0.05, 0) is 65.2 Å². The molecule has 2 amide bonds. The molecule has 1 rings (SSSR count). The maximum absolute atomic E-state index is 12.1. The number of benzene rings is 1. The van der Waals surface area contributed by atoms with Gasteiger partial charge in [-0.15, -0.1) is 0 Å². The Kier molecular flexibility index (Phi) is 7.74. The molecule has 0 atom stereocenters. The second-order valence-electron chi connectivity index (χ2n) is 7.77. The van der Waals surface area contributed by atoms with Crippen LogP contribution >= 0.6 is 11.6 Å². The summed E-state index contributed by atoms with van der Waals surface area (Å²) in [4.78, 5) is 23.9. The van der Waals surface area contributed by atoms with E-state index in [0.29, 0.717) is 6.54 Å². The summed E-state index contributed by atoms with van der Waals surface area (Å²) in [5, 5.41) is 6.33. The molecule has 0 radical (unpaired) electrons. The van der Waals surface area contributed by atoms with Crippen LogP contribution in [-0.2, 0) is 16.0 Å². The molecule has 0 aliphatic heterocycles. The van der Waals surface area contributed by atoms with Crippen molar-refractivity contribution in [3.63, 3.8) is 0 Å². The first-order valence-corrected chi connectivity index (χ1v) is 8.87. The number of hydrogen-bond donors (Lipinski definition) is 2. The van der Waals surface area contributed by atoms with E-state index in [1.807, 2.05) is 24.3 Å². The largest absolute Gasteiger partial charge is 0.444 e. The molecule has 0 unspecified atom stereocenters. The van der Waals surface area contributed by atoms with Gasteiger partial charge in [-0.3, -0.25) is 4.79 Å². The number of hydrogen-bond acceptors (Lipinski definition) is 3. The molecule has 2 N–H and O–H groups in total. The summed E-state index contributed by atoms with van der Waals surface area (Å²) >= 11 is 5.85. The van der Waals surface area contributed by atoms with Crippen LogP contribution in [0.2, 0.25) is 5.02 Å². The van der Waals surface area contributed by atoms with Crippen molar-refractivity contribution in [1.29, 1.82) is 0 Å². The van der Waals surface area contributed by atoms with Crippen molar-refractivity contribution in [3.05, 3.63) is 34.9 Å². The van der Waals surface area contributed by atoms with Gasteiger partial charge in [-0.2, -0.15) is 0 Å². The summed E-state index contributed by atoms with van der Waals surface area (Å²) in [5.41, 5.74) is -0.0577. The summed E-state index contributed by atoms with van der Waals surface area (Å²) in [6, 6.07) is 7.69. The molecule has 0 aliphatic rings. The Morgan fingerprint density at radius 2 is 1.68 bits per heavy atom. The van der Waals surface area contributed by atoms with Crippen LogP contribution in [0.15, 0.2) is 24.3 Å². The second kappa shape index (κ2) is 9.09. The highest BCUT2D eigenvalue weighted by Crippen LogP contribution is 2.13. The molecule has 0 spiro atoms. The molecule has 0 heterocycles. The Morgan fingerprint density at radius 1 is 1.08 bits per heavy atom. The third kappa shape index (κ3) is 9.97. The molecule has 0 saturated carbocycles. The van der Waals surface area contributed by atoms with E-state index in [-0.39, 0.29) is 12.3 Å². The number of carbonyl (C=O) groups excluding carboxylic acids is 2. The number of ether oxygens (including phenoxy) is 1. The molecule has 1 aromatic carbocycles. The maximum Gasteiger partial charge on any atom is 0.408 e. The quantitative estimate of drug-likeness (QED) is 0.712. The summed E-state index contributed by atoms with van der Waals surface area (Å²) in [7, 11) is 0. The first-order valence-electron chi connectivity index (χ1n) is 8.49. The predicted molar refractivity (Wildman–Crippen MR) is 101 cm³/mol. The third-order valence-corrected chi connectivity index (χ3v) is 3.57. The van der Waals surface area contributed by atoms with Crippen LogP contribution in [0.25, 0.3) is 0 Å². The predicted octanol–water partition coefficient (Wildman–Crippen LogP) is 4.08. The Balaban J connectivity index is 2.30. The first-order chi connectivity index (χ1) is 11.5. The maximum atomic E-state index is 12.1. The van der Waals surface area contributed by atoms with Crippen LogP contribution in [-0.4, -0.2) is 29.7 Å². The highest BCUT2D eigenvalue weighted by molar-refractivity contribution is 6.30. The van der Waals surface area contributed by atoms with Crippen molar-refractivity contribution >= 4 is 23.6 Å². The van der Waals surface area contributed by atoms with Crippen molar-refractivity contribution in [3.8, 4) is 0 Å². The average Bonchev–Trinajstić information content (AvgIpc) is 2.42. The van der Waals surface area contributed by atoms with Crippen molar-refractivity contribution < 1.29 is 14.3 Å². The van der Waals surface area contributed by atoms with Crippen molar-refractivity contribution in [1.82, 2.24) is 10.6 Å². The monoisotopic (exact) mass is 368 g/mol. The van der Waals surface area contributed by atoms with Crippen LogP contribution < -0.4 is 10.6 Å². The minimum absolute atomic E-state index is 0.0998. The normalized spacial score (nSPS) is 11.8. The lowest BCUT2D eigenvalue weighted by Crippen LogP contribution is -2.48. The van der Waals surface area contributed by atoms with Gasteiger partial charge in [0.25, 0.3) is 0 Å². The van der Waals surface area contributed by atoms with E-state index in [1.54, 1.807) is 34.6 Å². The molecule has 0 aromatic heterocycles. The summed E-state index contributed by atoms with van der Waals surface area (Å²) in [5.74, 6) is -0.0998. The van der Waals surface area contributed by atoms with Crippen LogP contribution in [0.4, 0.5) is 4.79 Å². The number of aryl methyl sites for hydroxylation is 1. The van der Waals surface area contributed by atoms with E-state index >= 15 is 0 Å². The molecule has 140 valence electrons. The van der Waals surface area contributed by atoms with E-state index in [4.69, 9.17) is 16.3 Å². The van der Waals surface area contributed by atoms with Gasteiger partial charge < -0.3 is 15.4 Å². The smallest absolute Gasteiger partial charge is 0.408 e. The fraction of sp³-hybridized carbons (Fsp3) is 0.579. The SMILES string of the molecule is CC(C)(CC(=O)NCCCc1ccc(Cl)cc1)NC(=O)OC(C)(C)C. The van der Waals surface area contributed by atoms with Gasteiger partial charge >= 0.3 is 6.09 Å². The minimum Gasteiger partial charge on any atom is -0.444 e. The Morgan fingerprint density at radius 3 is 2.24 bits per heavy atom. The van der Waals surface area contributed by atoms with Gasteiger partial charge in [0, 0.05) is 23.5 Å². The molecule has 0 saturated heterocycles. The number of amides is 2. The standard InChI is InChI=1S/C19H29ClN2O3/c1-18(2,3)25-17(24)22-19(4,5)13-16(23)21-12-6-7-14-8-10-15(20)11-9-14/h8-11H,6-7,12-13H2,1-5H3,(H,21,23)(H,22,24). The van der Waals surface area contributed by atoms with Crippen LogP contribution in [0.5, 0.6) is 0 Å². The number of nitrogens with one attached hydrogen (secondary N) is 2. The topological polar surface area (TPSA) is 67.4 Å². The number of halogens is 1. The molecule has 25 heavy (non-hydrogen) atoms. The van der Waals surface area contributed by atoms with Gasteiger partial charge in [0.05, 0.1) is 0 Å². The molecular formula is C19H29ClN2O3. The fourth-order valence-electron chi connectivity index (χ4n) is 2.26. The highest BCUT2D eigenvalue weighted by atomic mass is 35.5. The van der Waals surface area contributed by atoms with Gasteiger partial charge in [0.2, 0.25) is 5.91 Å². The Hall–Kier alpha value is -1.75. The minimum atomic E-state index is -0.678. The fourth-order valence-corrected chi connectivity index (χ4v) is 2.39. The summed E-state index contributed by atoms with van der Waals surface area (Å²) in [6.45, 7) is 9.57. The Labute approximate surface area is 155 Å². The summed E-state index contributed by atoms with van der Waals surface area (Å²) < 4.78 is 5.22. The zero-order chi connectivity index (χ0) is 19.1. The lowest BCUT2D eigenvalue weighted by Gasteiger charge is -2.28.